The first-order chi connectivity index (χ1) is 12.5. The molecule has 3 fully saturated rings. The Kier molecular flexibility index (Phi) is 4.44. The minimum Gasteiger partial charge on any atom is -0.445 e. The van der Waals surface area contributed by atoms with E-state index >= 15 is 0 Å². The van der Waals surface area contributed by atoms with Gasteiger partial charge < -0.3 is 14.6 Å². The van der Waals surface area contributed by atoms with Crippen LogP contribution in [0.4, 0.5) is 4.79 Å². The molecule has 26 heavy (non-hydrogen) atoms. The molecule has 0 spiro atoms. The fraction of sp³-hybridized carbons (Fsp3) is 0.500. The van der Waals surface area contributed by atoms with Gasteiger partial charge in [-0.15, -0.1) is 0 Å². The van der Waals surface area contributed by atoms with E-state index in [1.54, 1.807) is 6.20 Å². The summed E-state index contributed by atoms with van der Waals surface area (Å²) in [5.41, 5.74) is 0.442. The highest BCUT2D eigenvalue weighted by Gasteiger charge is 2.37. The SMILES string of the molecule is CC(C)(NC(=O)OC1CN2CCC1CC2)c1ccnc(-n2cccc2)c1. The number of alkyl carbamates (subject to hydrolysis) is 1. The molecule has 1 N–H and O–H groups in total. The number of hydrogen-bond donors (Lipinski definition) is 1. The Morgan fingerprint density at radius 1 is 1.27 bits per heavy atom. The first kappa shape index (κ1) is 17.1. The lowest BCUT2D eigenvalue weighted by Gasteiger charge is -2.44. The largest absolute Gasteiger partial charge is 0.445 e. The normalized spacial score (nSPS) is 25.1. The summed E-state index contributed by atoms with van der Waals surface area (Å²) in [6.07, 6.45) is 7.61. The molecule has 1 amide bonds. The smallest absolute Gasteiger partial charge is 0.408 e. The number of fused-ring (bicyclic) bond motifs is 3. The molecule has 3 aliphatic heterocycles. The van der Waals surface area contributed by atoms with Crippen molar-refractivity contribution in [1.82, 2.24) is 19.8 Å². The number of nitrogens with one attached hydrogen (secondary N) is 1. The molecule has 2 bridgehead atoms. The third-order valence-electron chi connectivity index (χ3n) is 5.61. The zero-order valence-electron chi connectivity index (χ0n) is 15.4. The van der Waals surface area contributed by atoms with Crippen molar-refractivity contribution in [3.05, 3.63) is 48.4 Å². The minimum absolute atomic E-state index is 0.0150. The zero-order chi connectivity index (χ0) is 18.1. The van der Waals surface area contributed by atoms with Crippen LogP contribution >= 0.6 is 0 Å². The number of amides is 1. The molecule has 1 atom stereocenters. The van der Waals surface area contributed by atoms with E-state index in [4.69, 9.17) is 4.74 Å². The van der Waals surface area contributed by atoms with Crippen molar-refractivity contribution in [2.75, 3.05) is 19.6 Å². The molecular formula is C20H26N4O2. The lowest BCUT2D eigenvalue weighted by Crippen LogP contribution is -2.53. The number of pyridine rings is 1. The molecule has 3 saturated heterocycles. The highest BCUT2D eigenvalue weighted by atomic mass is 16.6. The van der Waals surface area contributed by atoms with E-state index in [1.807, 2.05) is 55.1 Å². The summed E-state index contributed by atoms with van der Waals surface area (Å²) < 4.78 is 7.72. The van der Waals surface area contributed by atoms with Gasteiger partial charge >= 0.3 is 6.09 Å². The molecule has 1 unspecified atom stereocenters. The van der Waals surface area contributed by atoms with Gasteiger partial charge in [0.1, 0.15) is 11.9 Å². The highest BCUT2D eigenvalue weighted by molar-refractivity contribution is 5.69. The Balaban J connectivity index is 1.43. The van der Waals surface area contributed by atoms with Crippen molar-refractivity contribution in [2.24, 2.45) is 5.92 Å². The molecular weight excluding hydrogens is 328 g/mol. The molecule has 0 aliphatic carbocycles. The quantitative estimate of drug-likeness (QED) is 0.917. The van der Waals surface area contributed by atoms with Crippen LogP contribution in [0.2, 0.25) is 0 Å². The predicted octanol–water partition coefficient (Wildman–Crippen LogP) is 2.93. The van der Waals surface area contributed by atoms with Crippen LogP contribution in [0.5, 0.6) is 0 Å². The van der Waals surface area contributed by atoms with E-state index in [9.17, 15) is 4.79 Å². The zero-order valence-corrected chi connectivity index (χ0v) is 15.4. The van der Waals surface area contributed by atoms with Crippen LogP contribution in [0.3, 0.4) is 0 Å². The molecule has 6 nitrogen and oxygen atoms in total. The predicted molar refractivity (Wildman–Crippen MR) is 99.2 cm³/mol. The summed E-state index contributed by atoms with van der Waals surface area (Å²) >= 11 is 0. The fourth-order valence-electron chi connectivity index (χ4n) is 3.97. The van der Waals surface area contributed by atoms with Gasteiger partial charge in [0.15, 0.2) is 0 Å². The summed E-state index contributed by atoms with van der Waals surface area (Å²) in [5, 5.41) is 3.04. The number of aromatic nitrogens is 2. The molecule has 138 valence electrons. The van der Waals surface area contributed by atoms with E-state index in [-0.39, 0.29) is 12.2 Å². The fourth-order valence-corrected chi connectivity index (χ4v) is 3.97. The molecule has 6 heteroatoms. The maximum atomic E-state index is 12.5. The second-order valence-electron chi connectivity index (χ2n) is 7.82. The summed E-state index contributed by atoms with van der Waals surface area (Å²) in [6.45, 7) is 7.11. The van der Waals surface area contributed by atoms with Gasteiger partial charge in [0.25, 0.3) is 0 Å². The molecule has 0 saturated carbocycles. The van der Waals surface area contributed by atoms with Gasteiger partial charge in [0.2, 0.25) is 0 Å². The molecule has 5 heterocycles. The Bertz CT molecular complexity index is 764. The van der Waals surface area contributed by atoms with E-state index in [1.165, 1.54) is 0 Å². The van der Waals surface area contributed by atoms with Crippen LogP contribution in [-0.4, -0.2) is 46.3 Å². The van der Waals surface area contributed by atoms with Crippen LogP contribution in [0.15, 0.2) is 42.9 Å². The number of ether oxygens (including phenoxy) is 1. The topological polar surface area (TPSA) is 59.4 Å². The average Bonchev–Trinajstić information content (AvgIpc) is 3.17. The maximum absolute atomic E-state index is 12.5. The van der Waals surface area contributed by atoms with E-state index in [0.29, 0.717) is 5.92 Å². The van der Waals surface area contributed by atoms with E-state index in [0.717, 1.165) is 43.9 Å². The van der Waals surface area contributed by atoms with Crippen molar-refractivity contribution in [2.45, 2.75) is 38.3 Å². The first-order valence-corrected chi connectivity index (χ1v) is 9.32. The van der Waals surface area contributed by atoms with Gasteiger partial charge in [-0.2, -0.15) is 0 Å². The van der Waals surface area contributed by atoms with Crippen LogP contribution < -0.4 is 5.32 Å². The number of hydrogen-bond acceptors (Lipinski definition) is 4. The van der Waals surface area contributed by atoms with Crippen LogP contribution in [-0.2, 0) is 10.3 Å². The number of carbonyl (C=O) groups is 1. The highest BCUT2D eigenvalue weighted by Crippen LogP contribution is 2.30. The van der Waals surface area contributed by atoms with Gasteiger partial charge in [-0.05, 0) is 75.5 Å². The summed E-state index contributed by atoms with van der Waals surface area (Å²) in [4.78, 5) is 19.3. The van der Waals surface area contributed by atoms with Gasteiger partial charge in [0.05, 0.1) is 5.54 Å². The third kappa shape index (κ3) is 3.46. The average molecular weight is 354 g/mol. The minimum atomic E-state index is -0.546. The Morgan fingerprint density at radius 3 is 2.65 bits per heavy atom. The maximum Gasteiger partial charge on any atom is 0.408 e. The van der Waals surface area contributed by atoms with Crippen molar-refractivity contribution >= 4 is 6.09 Å². The standard InChI is InChI=1S/C20H26N4O2/c1-20(2,16-5-8-21-18(13-16)24-9-3-4-10-24)22-19(25)26-17-14-23-11-6-15(17)7-12-23/h3-5,8-10,13,15,17H,6-7,11-12,14H2,1-2H3,(H,22,25). The van der Waals surface area contributed by atoms with Crippen molar-refractivity contribution in [1.29, 1.82) is 0 Å². The Hall–Kier alpha value is -2.34. The van der Waals surface area contributed by atoms with Gasteiger partial charge in [-0.3, -0.25) is 4.90 Å². The third-order valence-corrected chi connectivity index (χ3v) is 5.61. The molecule has 0 aromatic carbocycles. The number of carbonyl (C=O) groups excluding carboxylic acids is 1. The van der Waals surface area contributed by atoms with Crippen molar-refractivity contribution in [3.63, 3.8) is 0 Å². The number of piperidine rings is 3. The molecule has 5 rings (SSSR count). The molecule has 2 aromatic heterocycles. The Labute approximate surface area is 154 Å². The van der Waals surface area contributed by atoms with Crippen molar-refractivity contribution < 1.29 is 9.53 Å². The van der Waals surface area contributed by atoms with Crippen LogP contribution in [0.1, 0.15) is 32.3 Å². The summed E-state index contributed by atoms with van der Waals surface area (Å²) in [6, 6.07) is 7.85. The first-order valence-electron chi connectivity index (χ1n) is 9.32. The van der Waals surface area contributed by atoms with Gasteiger partial charge in [0, 0.05) is 25.1 Å². The second kappa shape index (κ2) is 6.76. The van der Waals surface area contributed by atoms with Gasteiger partial charge in [-0.25, -0.2) is 9.78 Å². The number of rotatable bonds is 4. The molecule has 3 aliphatic rings. The molecule has 0 radical (unpaired) electrons. The van der Waals surface area contributed by atoms with Crippen LogP contribution in [0.25, 0.3) is 5.82 Å². The van der Waals surface area contributed by atoms with Gasteiger partial charge in [-0.1, -0.05) is 0 Å². The van der Waals surface area contributed by atoms with E-state index < -0.39 is 5.54 Å². The monoisotopic (exact) mass is 354 g/mol. The lowest BCUT2D eigenvalue weighted by atomic mass is 9.86. The number of nitrogens with zero attached hydrogens (tertiary/aromatic N) is 3. The second-order valence-corrected chi connectivity index (χ2v) is 7.82. The summed E-state index contributed by atoms with van der Waals surface area (Å²) in [5.74, 6) is 1.34. The van der Waals surface area contributed by atoms with E-state index in [2.05, 4.69) is 15.2 Å². The Morgan fingerprint density at radius 2 is 2.00 bits per heavy atom. The van der Waals surface area contributed by atoms with Crippen LogP contribution in [0, 0.1) is 5.92 Å². The summed E-state index contributed by atoms with van der Waals surface area (Å²) in [7, 11) is 0. The molecule has 2 aromatic rings. The lowest BCUT2D eigenvalue weighted by molar-refractivity contribution is -0.0349. The van der Waals surface area contributed by atoms with Crippen molar-refractivity contribution in [3.8, 4) is 5.82 Å².